The van der Waals surface area contributed by atoms with E-state index in [4.69, 9.17) is 21.5 Å². The monoisotopic (exact) mass is 570 g/mol. The molecule has 15 heteroatoms. The Morgan fingerprint density at radius 2 is 1.68 bits per heavy atom. The summed E-state index contributed by atoms with van der Waals surface area (Å²) in [5, 5.41) is 15.3. The lowest BCUT2D eigenvalue weighted by Crippen LogP contribution is -2.43. The standard InChI is InChI=1S/C21H18ClF5N4.C2HF3O2/c22-14-4-1-2-7-17(14)31-18(12-19(30-31)20(23,24)21(25,26)27)16-6-3-5-15(29-16)13-8-10-28-11-9-13;3-2(4,5)1(6)7/h1-8,18,28H,9-12H2;(H,6,7). The first kappa shape index (κ1) is 29.3. The van der Waals surface area contributed by atoms with E-state index < -0.39 is 42.4 Å². The number of hydrogen-bond donors (Lipinski definition) is 2. The average molecular weight is 571 g/mol. The summed E-state index contributed by atoms with van der Waals surface area (Å²) in [4.78, 5) is 13.5. The Kier molecular flexibility index (Phi) is 8.66. The molecule has 0 amide bonds. The Labute approximate surface area is 215 Å². The van der Waals surface area contributed by atoms with Crippen molar-refractivity contribution in [2.24, 2.45) is 5.10 Å². The lowest BCUT2D eigenvalue weighted by atomic mass is 10.0. The number of benzene rings is 1. The van der Waals surface area contributed by atoms with Crippen LogP contribution in [0.1, 0.15) is 30.3 Å². The van der Waals surface area contributed by atoms with Gasteiger partial charge in [0.1, 0.15) is 11.8 Å². The quantitative estimate of drug-likeness (QED) is 0.425. The van der Waals surface area contributed by atoms with Crippen molar-refractivity contribution >= 4 is 34.5 Å². The van der Waals surface area contributed by atoms with Gasteiger partial charge in [0, 0.05) is 13.0 Å². The number of carboxylic acids is 1. The second kappa shape index (κ2) is 11.2. The summed E-state index contributed by atoms with van der Waals surface area (Å²) in [6.07, 6.45) is -8.74. The molecule has 2 N–H and O–H groups in total. The van der Waals surface area contributed by atoms with Crippen molar-refractivity contribution in [3.8, 4) is 0 Å². The summed E-state index contributed by atoms with van der Waals surface area (Å²) < 4.78 is 99.1. The molecule has 2 aliphatic heterocycles. The summed E-state index contributed by atoms with van der Waals surface area (Å²) in [7, 11) is 0. The Hall–Kier alpha value is -3.26. The normalized spacial score (nSPS) is 18.3. The molecule has 1 aromatic carbocycles. The van der Waals surface area contributed by atoms with Crippen molar-refractivity contribution in [3.05, 3.63) is 65.0 Å². The summed E-state index contributed by atoms with van der Waals surface area (Å²) in [6.45, 7) is 1.46. The van der Waals surface area contributed by atoms with Crippen LogP contribution in [0.25, 0.3) is 5.57 Å². The molecule has 3 heterocycles. The van der Waals surface area contributed by atoms with Crippen LogP contribution < -0.4 is 10.3 Å². The zero-order chi connectivity index (χ0) is 28.3. The van der Waals surface area contributed by atoms with Crippen LogP contribution in [0.2, 0.25) is 5.02 Å². The number of aliphatic carboxylic acids is 1. The van der Waals surface area contributed by atoms with Crippen LogP contribution in [0, 0.1) is 0 Å². The fraction of sp³-hybridized carbons (Fsp3) is 0.348. The van der Waals surface area contributed by atoms with E-state index in [9.17, 15) is 35.1 Å². The van der Waals surface area contributed by atoms with Gasteiger partial charge < -0.3 is 10.4 Å². The molecular formula is C23H19ClF8N4O2. The molecule has 0 saturated heterocycles. The molecule has 38 heavy (non-hydrogen) atoms. The van der Waals surface area contributed by atoms with Crippen molar-refractivity contribution in [3.63, 3.8) is 0 Å². The number of alkyl halides is 8. The van der Waals surface area contributed by atoms with E-state index in [2.05, 4.69) is 15.4 Å². The van der Waals surface area contributed by atoms with Gasteiger partial charge in [0.2, 0.25) is 0 Å². The largest absolute Gasteiger partial charge is 0.490 e. The Balaban J connectivity index is 0.000000505. The lowest BCUT2D eigenvalue weighted by molar-refractivity contribution is -0.249. The highest BCUT2D eigenvalue weighted by Gasteiger charge is 2.63. The summed E-state index contributed by atoms with van der Waals surface area (Å²) in [6, 6.07) is 10.4. The molecule has 0 fully saturated rings. The third-order valence-corrected chi connectivity index (χ3v) is 5.80. The third kappa shape index (κ3) is 6.59. The van der Waals surface area contributed by atoms with Gasteiger partial charge >= 0.3 is 24.2 Å². The molecule has 1 aromatic heterocycles. The SMILES string of the molecule is FC(F)(F)C(F)(F)C1=NN(c2ccccc2Cl)C(c2cccc(C3=CCNCC3)n2)C1.O=C(O)C(F)(F)F. The van der Waals surface area contributed by atoms with Gasteiger partial charge in [0.15, 0.2) is 0 Å². The smallest absolute Gasteiger partial charge is 0.475 e. The van der Waals surface area contributed by atoms with Crippen molar-refractivity contribution in [2.45, 2.75) is 37.2 Å². The first-order valence-electron chi connectivity index (χ1n) is 10.9. The van der Waals surface area contributed by atoms with Gasteiger partial charge in [-0.15, -0.1) is 0 Å². The van der Waals surface area contributed by atoms with Gasteiger partial charge in [-0.3, -0.25) is 9.99 Å². The number of hydrazone groups is 1. The van der Waals surface area contributed by atoms with Crippen LogP contribution >= 0.6 is 11.6 Å². The van der Waals surface area contributed by atoms with Crippen LogP contribution in [-0.4, -0.2) is 53.1 Å². The Morgan fingerprint density at radius 1 is 1.03 bits per heavy atom. The first-order chi connectivity index (χ1) is 17.6. The zero-order valence-corrected chi connectivity index (χ0v) is 19.9. The molecule has 206 valence electrons. The zero-order valence-electron chi connectivity index (χ0n) is 19.1. The van der Waals surface area contributed by atoms with Crippen molar-refractivity contribution in [1.29, 1.82) is 0 Å². The maximum Gasteiger partial charge on any atom is 0.490 e. The number of aromatic nitrogens is 1. The highest BCUT2D eigenvalue weighted by atomic mass is 35.5. The van der Waals surface area contributed by atoms with Gasteiger partial charge in [0.25, 0.3) is 0 Å². The molecule has 0 radical (unpaired) electrons. The molecule has 0 spiro atoms. The molecule has 0 aliphatic carbocycles. The van der Waals surface area contributed by atoms with Gasteiger partial charge in [-0.2, -0.15) is 40.2 Å². The first-order valence-corrected chi connectivity index (χ1v) is 11.2. The van der Waals surface area contributed by atoms with Gasteiger partial charge in [-0.05, 0) is 42.8 Å². The number of nitrogens with zero attached hydrogens (tertiary/aromatic N) is 3. The fourth-order valence-corrected chi connectivity index (χ4v) is 3.85. The van der Waals surface area contributed by atoms with Crippen molar-refractivity contribution < 1.29 is 45.0 Å². The minimum absolute atomic E-state index is 0.185. The maximum absolute atomic E-state index is 14.1. The molecule has 6 nitrogen and oxygen atoms in total. The number of halogens is 9. The minimum Gasteiger partial charge on any atom is -0.475 e. The topological polar surface area (TPSA) is 77.8 Å². The van der Waals surface area contributed by atoms with E-state index in [1.807, 2.05) is 6.08 Å². The second-order valence-corrected chi connectivity index (χ2v) is 8.48. The summed E-state index contributed by atoms with van der Waals surface area (Å²) in [5.74, 6) is -7.82. The van der Waals surface area contributed by atoms with E-state index >= 15 is 0 Å². The number of nitrogens with one attached hydrogen (secondary N) is 1. The lowest BCUT2D eigenvalue weighted by Gasteiger charge is -2.24. The molecule has 2 aromatic rings. The molecule has 1 atom stereocenters. The van der Waals surface area contributed by atoms with E-state index in [0.29, 0.717) is 17.9 Å². The van der Waals surface area contributed by atoms with E-state index in [-0.39, 0.29) is 10.7 Å². The second-order valence-electron chi connectivity index (χ2n) is 8.07. The van der Waals surface area contributed by atoms with E-state index in [1.165, 1.54) is 12.1 Å². The van der Waals surface area contributed by atoms with E-state index in [0.717, 1.165) is 23.5 Å². The van der Waals surface area contributed by atoms with Gasteiger partial charge in [-0.25, -0.2) is 4.79 Å². The van der Waals surface area contributed by atoms with Gasteiger partial charge in [-0.1, -0.05) is 35.9 Å². The molecular weight excluding hydrogens is 552 g/mol. The number of hydrogen-bond acceptors (Lipinski definition) is 5. The number of carboxylic acid groups (broad SMARTS) is 1. The van der Waals surface area contributed by atoms with E-state index in [1.54, 1.807) is 30.3 Å². The predicted octanol–water partition coefficient (Wildman–Crippen LogP) is 6.25. The molecule has 0 saturated carbocycles. The van der Waals surface area contributed by atoms with Crippen molar-refractivity contribution in [2.75, 3.05) is 18.1 Å². The number of carbonyl (C=O) groups is 1. The van der Waals surface area contributed by atoms with Gasteiger partial charge in [0.05, 0.1) is 22.1 Å². The highest BCUT2D eigenvalue weighted by molar-refractivity contribution is 6.33. The third-order valence-electron chi connectivity index (χ3n) is 5.48. The van der Waals surface area contributed by atoms with Crippen LogP contribution in [0.4, 0.5) is 40.8 Å². The number of anilines is 1. The van der Waals surface area contributed by atoms with Crippen LogP contribution in [0.15, 0.2) is 53.6 Å². The van der Waals surface area contributed by atoms with Crippen LogP contribution in [0.5, 0.6) is 0 Å². The summed E-state index contributed by atoms with van der Waals surface area (Å²) in [5.41, 5.74) is 0.959. The van der Waals surface area contributed by atoms with Crippen LogP contribution in [0.3, 0.4) is 0 Å². The average Bonchev–Trinajstić information content (AvgIpc) is 3.30. The summed E-state index contributed by atoms with van der Waals surface area (Å²) >= 11 is 6.20. The number of para-hydroxylation sites is 1. The van der Waals surface area contributed by atoms with Crippen LogP contribution in [-0.2, 0) is 4.79 Å². The molecule has 2 aliphatic rings. The molecule has 0 bridgehead atoms. The Bertz CT molecular complexity index is 1230. The van der Waals surface area contributed by atoms with Crippen molar-refractivity contribution in [1.82, 2.24) is 10.3 Å². The minimum atomic E-state index is -5.75. The number of pyridine rings is 1. The molecule has 1 unspecified atom stereocenters. The molecule has 4 rings (SSSR count). The maximum atomic E-state index is 14.1. The Morgan fingerprint density at radius 3 is 2.24 bits per heavy atom. The number of rotatable bonds is 4. The predicted molar refractivity (Wildman–Crippen MR) is 123 cm³/mol. The highest BCUT2D eigenvalue weighted by Crippen LogP contribution is 2.45. The fourth-order valence-electron chi connectivity index (χ4n) is 3.62.